The Morgan fingerprint density at radius 3 is 2.71 bits per heavy atom. The molecule has 2 N–H and O–H groups in total. The van der Waals surface area contributed by atoms with Gasteiger partial charge in [0.2, 0.25) is 5.91 Å². The Kier molecular flexibility index (Phi) is 6.27. The Labute approximate surface area is 104 Å². The number of hydrogen-bond donors (Lipinski definition) is 2. The van der Waals surface area contributed by atoms with Crippen molar-refractivity contribution in [1.82, 2.24) is 5.32 Å². The van der Waals surface area contributed by atoms with E-state index in [2.05, 4.69) is 31.3 Å². The first-order chi connectivity index (χ1) is 8.17. The first-order valence-electron chi connectivity index (χ1n) is 6.78. The molecule has 2 atom stereocenters. The fourth-order valence-electron chi connectivity index (χ4n) is 2.39. The zero-order chi connectivity index (χ0) is 12.7. The van der Waals surface area contributed by atoms with Gasteiger partial charge < -0.3 is 10.4 Å². The van der Waals surface area contributed by atoms with Crippen LogP contribution in [0.25, 0.3) is 0 Å². The third-order valence-electron chi connectivity index (χ3n) is 3.66. The second-order valence-corrected chi connectivity index (χ2v) is 4.92. The van der Waals surface area contributed by atoms with Gasteiger partial charge in [0, 0.05) is 13.0 Å². The molecule has 3 nitrogen and oxygen atoms in total. The summed E-state index contributed by atoms with van der Waals surface area (Å²) in [7, 11) is 0. The number of nitrogens with one attached hydrogen (secondary N) is 1. The molecule has 0 aromatic carbocycles. The summed E-state index contributed by atoms with van der Waals surface area (Å²) in [5, 5.41) is 12.7. The molecule has 0 aromatic rings. The molecule has 1 amide bonds. The van der Waals surface area contributed by atoms with Crippen molar-refractivity contribution in [3.05, 3.63) is 12.2 Å². The fourth-order valence-corrected chi connectivity index (χ4v) is 2.39. The number of hydrogen-bond acceptors (Lipinski definition) is 2. The van der Waals surface area contributed by atoms with Gasteiger partial charge in [0.05, 0.1) is 6.10 Å². The van der Waals surface area contributed by atoms with Crippen LogP contribution in [0.4, 0.5) is 0 Å². The molecule has 0 spiro atoms. The van der Waals surface area contributed by atoms with Gasteiger partial charge in [-0.15, -0.1) is 0 Å². The second kappa shape index (κ2) is 7.49. The van der Waals surface area contributed by atoms with Crippen molar-refractivity contribution in [2.45, 2.75) is 52.1 Å². The van der Waals surface area contributed by atoms with Crippen LogP contribution in [0.15, 0.2) is 12.2 Å². The van der Waals surface area contributed by atoms with E-state index >= 15 is 0 Å². The van der Waals surface area contributed by atoms with Gasteiger partial charge in [-0.25, -0.2) is 0 Å². The van der Waals surface area contributed by atoms with Crippen LogP contribution in [0.2, 0.25) is 0 Å². The van der Waals surface area contributed by atoms with Crippen LogP contribution in [0.3, 0.4) is 0 Å². The highest BCUT2D eigenvalue weighted by Gasteiger charge is 2.18. The Hall–Kier alpha value is -0.830. The van der Waals surface area contributed by atoms with Crippen molar-refractivity contribution in [3.8, 4) is 0 Å². The lowest BCUT2D eigenvalue weighted by Gasteiger charge is -2.20. The van der Waals surface area contributed by atoms with Crippen molar-refractivity contribution in [1.29, 1.82) is 0 Å². The highest BCUT2D eigenvalue weighted by Crippen LogP contribution is 2.20. The summed E-state index contributed by atoms with van der Waals surface area (Å²) in [5.41, 5.74) is 0. The summed E-state index contributed by atoms with van der Waals surface area (Å²) in [6.07, 6.45) is 8.50. The predicted molar refractivity (Wildman–Crippen MR) is 69.6 cm³/mol. The van der Waals surface area contributed by atoms with Gasteiger partial charge in [-0.2, -0.15) is 0 Å². The van der Waals surface area contributed by atoms with Gasteiger partial charge in [0.1, 0.15) is 0 Å². The van der Waals surface area contributed by atoms with Crippen LogP contribution in [0.5, 0.6) is 0 Å². The van der Waals surface area contributed by atoms with Crippen LogP contribution >= 0.6 is 0 Å². The monoisotopic (exact) mass is 239 g/mol. The lowest BCUT2D eigenvalue weighted by molar-refractivity contribution is -0.122. The minimum Gasteiger partial charge on any atom is -0.391 e. The van der Waals surface area contributed by atoms with Crippen LogP contribution in [-0.4, -0.2) is 23.7 Å². The van der Waals surface area contributed by atoms with E-state index in [-0.39, 0.29) is 5.91 Å². The Morgan fingerprint density at radius 1 is 1.47 bits per heavy atom. The van der Waals surface area contributed by atoms with Gasteiger partial charge in [-0.3, -0.25) is 4.79 Å². The highest BCUT2D eigenvalue weighted by molar-refractivity contribution is 5.76. The lowest BCUT2D eigenvalue weighted by atomic mass is 9.96. The molecule has 0 heterocycles. The van der Waals surface area contributed by atoms with E-state index in [1.165, 1.54) is 0 Å². The average Bonchev–Trinajstić information content (AvgIpc) is 2.81. The molecule has 0 bridgehead atoms. The van der Waals surface area contributed by atoms with E-state index in [0.29, 0.717) is 24.8 Å². The van der Waals surface area contributed by atoms with Crippen molar-refractivity contribution >= 4 is 5.91 Å². The largest absolute Gasteiger partial charge is 0.391 e. The molecule has 0 saturated carbocycles. The molecule has 2 unspecified atom stereocenters. The Balaban J connectivity index is 2.20. The van der Waals surface area contributed by atoms with E-state index < -0.39 is 6.10 Å². The maximum Gasteiger partial charge on any atom is 0.220 e. The molecule has 0 fully saturated rings. The number of amides is 1. The van der Waals surface area contributed by atoms with E-state index in [4.69, 9.17) is 0 Å². The van der Waals surface area contributed by atoms with E-state index in [9.17, 15) is 9.90 Å². The summed E-state index contributed by atoms with van der Waals surface area (Å²) in [5.74, 6) is 0.758. The zero-order valence-corrected chi connectivity index (χ0v) is 11.0. The predicted octanol–water partition coefficient (Wildman–Crippen LogP) is 2.26. The van der Waals surface area contributed by atoms with Crippen molar-refractivity contribution < 1.29 is 9.90 Å². The van der Waals surface area contributed by atoms with Crippen molar-refractivity contribution in [3.63, 3.8) is 0 Å². The van der Waals surface area contributed by atoms with Crippen molar-refractivity contribution in [2.24, 2.45) is 11.8 Å². The van der Waals surface area contributed by atoms with Gasteiger partial charge in [0.15, 0.2) is 0 Å². The first-order valence-corrected chi connectivity index (χ1v) is 6.78. The topological polar surface area (TPSA) is 49.3 Å². The molecule has 17 heavy (non-hydrogen) atoms. The van der Waals surface area contributed by atoms with Crippen molar-refractivity contribution in [2.75, 3.05) is 6.54 Å². The number of carbonyl (C=O) groups is 1. The minimum absolute atomic E-state index is 0.0616. The van der Waals surface area contributed by atoms with Crippen LogP contribution in [0, 0.1) is 11.8 Å². The fraction of sp³-hybridized carbons (Fsp3) is 0.786. The SMILES string of the molecule is CCC(CC)C(O)CNC(=O)CC1C=CCC1. The molecule has 98 valence electrons. The minimum atomic E-state index is -0.409. The molecule has 1 rings (SSSR count). The quantitative estimate of drug-likeness (QED) is 0.669. The second-order valence-electron chi connectivity index (χ2n) is 4.92. The normalized spacial score (nSPS) is 20.8. The molecule has 1 aliphatic rings. The number of allylic oxidation sites excluding steroid dienone is 2. The maximum absolute atomic E-state index is 11.6. The first kappa shape index (κ1) is 14.2. The van der Waals surface area contributed by atoms with Gasteiger partial charge in [-0.05, 0) is 24.7 Å². The van der Waals surface area contributed by atoms with Crippen LogP contribution < -0.4 is 5.32 Å². The smallest absolute Gasteiger partial charge is 0.220 e. The summed E-state index contributed by atoms with van der Waals surface area (Å²) in [6.45, 7) is 4.53. The van der Waals surface area contributed by atoms with Gasteiger partial charge >= 0.3 is 0 Å². The number of aliphatic hydroxyl groups excluding tert-OH is 1. The maximum atomic E-state index is 11.6. The van der Waals surface area contributed by atoms with Gasteiger partial charge in [-0.1, -0.05) is 38.8 Å². The molecule has 3 heteroatoms. The van der Waals surface area contributed by atoms with E-state index in [1.807, 2.05) is 0 Å². The summed E-state index contributed by atoms with van der Waals surface area (Å²) in [6, 6.07) is 0. The standard InChI is InChI=1S/C14H25NO2/c1-3-12(4-2)13(16)10-15-14(17)9-11-7-5-6-8-11/h5,7,11-13,16H,3-4,6,8-10H2,1-2H3,(H,15,17). The molecule has 0 aromatic heterocycles. The van der Waals surface area contributed by atoms with E-state index in [0.717, 1.165) is 25.7 Å². The number of rotatable bonds is 7. The van der Waals surface area contributed by atoms with Crippen LogP contribution in [-0.2, 0) is 4.79 Å². The summed E-state index contributed by atoms with van der Waals surface area (Å²) < 4.78 is 0. The molecular formula is C14H25NO2. The van der Waals surface area contributed by atoms with Crippen LogP contribution in [0.1, 0.15) is 46.0 Å². The lowest BCUT2D eigenvalue weighted by Crippen LogP contribution is -2.36. The van der Waals surface area contributed by atoms with Gasteiger partial charge in [0.25, 0.3) is 0 Å². The highest BCUT2D eigenvalue weighted by atomic mass is 16.3. The molecule has 0 aliphatic heterocycles. The summed E-state index contributed by atoms with van der Waals surface area (Å²) in [4.78, 5) is 11.6. The third-order valence-corrected chi connectivity index (χ3v) is 3.66. The Bertz CT molecular complexity index is 259. The Morgan fingerprint density at radius 2 is 2.18 bits per heavy atom. The molecular weight excluding hydrogens is 214 g/mol. The molecule has 1 aliphatic carbocycles. The van der Waals surface area contributed by atoms with E-state index in [1.54, 1.807) is 0 Å². The average molecular weight is 239 g/mol. The summed E-state index contributed by atoms with van der Waals surface area (Å²) >= 11 is 0. The molecule has 0 saturated heterocycles. The number of carbonyl (C=O) groups excluding carboxylic acids is 1. The number of aliphatic hydroxyl groups is 1. The third kappa shape index (κ3) is 4.90. The zero-order valence-electron chi connectivity index (χ0n) is 11.0. The molecule has 0 radical (unpaired) electrons.